The summed E-state index contributed by atoms with van der Waals surface area (Å²) in [6.07, 6.45) is 4.83. The van der Waals surface area contributed by atoms with Crippen molar-refractivity contribution in [2.45, 2.75) is 13.1 Å². The molecule has 0 saturated heterocycles. The van der Waals surface area contributed by atoms with E-state index < -0.39 is 0 Å². The van der Waals surface area contributed by atoms with Gasteiger partial charge in [-0.1, -0.05) is 60.7 Å². The maximum Gasteiger partial charge on any atom is 0.159 e. The van der Waals surface area contributed by atoms with E-state index in [0.717, 1.165) is 29.9 Å². The van der Waals surface area contributed by atoms with E-state index >= 15 is 0 Å². The fourth-order valence-electron chi connectivity index (χ4n) is 2.84. The molecule has 4 rings (SSSR count). The van der Waals surface area contributed by atoms with Gasteiger partial charge in [-0.25, -0.2) is 19.9 Å². The van der Waals surface area contributed by atoms with Crippen LogP contribution in [0.15, 0.2) is 79.5 Å². The van der Waals surface area contributed by atoms with E-state index in [1.807, 2.05) is 12.1 Å². The molecule has 0 fully saturated rings. The van der Waals surface area contributed by atoms with Gasteiger partial charge in [0.25, 0.3) is 0 Å². The van der Waals surface area contributed by atoms with Crippen LogP contribution in [0.5, 0.6) is 0 Å². The van der Waals surface area contributed by atoms with Gasteiger partial charge in [-0.05, 0) is 11.1 Å². The van der Waals surface area contributed by atoms with Crippen LogP contribution in [0, 0.1) is 0 Å². The Morgan fingerprint density at radius 2 is 1.32 bits per heavy atom. The molecule has 0 bridgehead atoms. The van der Waals surface area contributed by atoms with Crippen LogP contribution in [0.3, 0.4) is 0 Å². The summed E-state index contributed by atoms with van der Waals surface area (Å²) in [4.78, 5) is 19.5. The molecule has 4 aromatic rings. The van der Waals surface area contributed by atoms with Gasteiger partial charge in [0.15, 0.2) is 5.82 Å². The van der Waals surface area contributed by atoms with Gasteiger partial charge in [0.05, 0.1) is 6.20 Å². The Morgan fingerprint density at radius 3 is 1.96 bits per heavy atom. The molecule has 2 heterocycles. The van der Waals surface area contributed by atoms with Crippen LogP contribution in [0.2, 0.25) is 0 Å². The van der Waals surface area contributed by atoms with Gasteiger partial charge >= 0.3 is 0 Å². The van der Waals surface area contributed by atoms with Crippen molar-refractivity contribution in [3.8, 4) is 0 Å². The van der Waals surface area contributed by atoms with Gasteiger partial charge in [0.2, 0.25) is 0 Å². The van der Waals surface area contributed by atoms with Gasteiger partial charge in [0.1, 0.15) is 23.7 Å². The first-order valence-electron chi connectivity index (χ1n) is 8.14. The van der Waals surface area contributed by atoms with Crippen molar-refractivity contribution in [3.05, 3.63) is 90.6 Å². The van der Waals surface area contributed by atoms with Crippen molar-refractivity contribution in [1.82, 2.24) is 19.9 Å². The Hall–Kier alpha value is -3.34. The molecule has 0 aliphatic heterocycles. The molecule has 122 valence electrons. The van der Waals surface area contributed by atoms with Crippen LogP contribution < -0.4 is 4.90 Å². The summed E-state index contributed by atoms with van der Waals surface area (Å²) >= 11 is 0. The second kappa shape index (κ2) is 7.05. The zero-order valence-electron chi connectivity index (χ0n) is 13.7. The van der Waals surface area contributed by atoms with E-state index in [2.05, 4.69) is 73.4 Å². The Labute approximate surface area is 146 Å². The number of aromatic nitrogens is 4. The summed E-state index contributed by atoms with van der Waals surface area (Å²) in [5.41, 5.74) is 3.96. The van der Waals surface area contributed by atoms with E-state index in [0.29, 0.717) is 0 Å². The molecule has 2 aromatic heterocycles. The highest BCUT2D eigenvalue weighted by Gasteiger charge is 2.14. The van der Waals surface area contributed by atoms with Crippen LogP contribution in [0.25, 0.3) is 11.0 Å². The second-order valence-corrected chi connectivity index (χ2v) is 5.78. The van der Waals surface area contributed by atoms with Crippen LogP contribution in [-0.4, -0.2) is 19.9 Å². The highest BCUT2D eigenvalue weighted by molar-refractivity contribution is 5.84. The van der Waals surface area contributed by atoms with Crippen molar-refractivity contribution in [1.29, 1.82) is 0 Å². The normalized spacial score (nSPS) is 10.7. The molecular weight excluding hydrogens is 310 g/mol. The third-order valence-corrected chi connectivity index (χ3v) is 4.01. The molecule has 0 spiro atoms. The van der Waals surface area contributed by atoms with E-state index in [4.69, 9.17) is 0 Å². The average Bonchev–Trinajstić information content (AvgIpc) is 2.69. The van der Waals surface area contributed by atoms with Crippen molar-refractivity contribution in [2.24, 2.45) is 0 Å². The van der Waals surface area contributed by atoms with Crippen molar-refractivity contribution < 1.29 is 0 Å². The Kier molecular flexibility index (Phi) is 4.29. The van der Waals surface area contributed by atoms with Crippen molar-refractivity contribution in [3.63, 3.8) is 0 Å². The minimum Gasteiger partial charge on any atom is -0.346 e. The van der Waals surface area contributed by atoms with Gasteiger partial charge in [0, 0.05) is 13.1 Å². The summed E-state index contributed by atoms with van der Waals surface area (Å²) in [7, 11) is 0. The first-order chi connectivity index (χ1) is 12.4. The Morgan fingerprint density at radius 1 is 0.680 bits per heavy atom. The van der Waals surface area contributed by atoms with E-state index in [1.165, 1.54) is 11.1 Å². The minimum absolute atomic E-state index is 0.742. The summed E-state index contributed by atoms with van der Waals surface area (Å²) in [6, 6.07) is 20.7. The SMILES string of the molecule is c1ccc(CN(Cc2ccccc2)c2ncnc3cncnc23)cc1. The molecule has 0 unspecified atom stereocenters. The zero-order valence-corrected chi connectivity index (χ0v) is 13.7. The highest BCUT2D eigenvalue weighted by atomic mass is 15.2. The van der Waals surface area contributed by atoms with E-state index in [9.17, 15) is 0 Å². The van der Waals surface area contributed by atoms with Gasteiger partial charge < -0.3 is 4.90 Å². The average molecular weight is 327 g/mol. The fourth-order valence-corrected chi connectivity index (χ4v) is 2.84. The number of nitrogens with zero attached hydrogens (tertiary/aromatic N) is 5. The summed E-state index contributed by atoms with van der Waals surface area (Å²) in [6.45, 7) is 1.48. The molecule has 0 aliphatic rings. The van der Waals surface area contributed by atoms with Gasteiger partial charge in [-0.2, -0.15) is 0 Å². The quantitative estimate of drug-likeness (QED) is 0.560. The molecule has 2 aromatic carbocycles. The molecule has 0 atom stereocenters. The lowest BCUT2D eigenvalue weighted by atomic mass is 10.1. The van der Waals surface area contributed by atoms with Gasteiger partial charge in [-0.3, -0.25) is 0 Å². The molecule has 5 nitrogen and oxygen atoms in total. The molecular formula is C20H17N5. The first-order valence-corrected chi connectivity index (χ1v) is 8.14. The maximum absolute atomic E-state index is 4.52. The zero-order chi connectivity index (χ0) is 16.9. The van der Waals surface area contributed by atoms with Crippen LogP contribution in [0.4, 0.5) is 5.82 Å². The van der Waals surface area contributed by atoms with Crippen LogP contribution >= 0.6 is 0 Å². The van der Waals surface area contributed by atoms with E-state index in [1.54, 1.807) is 18.9 Å². The predicted molar refractivity (Wildman–Crippen MR) is 97.9 cm³/mol. The highest BCUT2D eigenvalue weighted by Crippen LogP contribution is 2.23. The summed E-state index contributed by atoms with van der Waals surface area (Å²) in [5.74, 6) is 0.820. The lowest BCUT2D eigenvalue weighted by Gasteiger charge is -2.24. The third kappa shape index (κ3) is 3.45. The monoisotopic (exact) mass is 327 g/mol. The lowest BCUT2D eigenvalue weighted by Crippen LogP contribution is -2.23. The molecule has 0 radical (unpaired) electrons. The minimum atomic E-state index is 0.742. The number of anilines is 1. The Balaban J connectivity index is 1.76. The van der Waals surface area contributed by atoms with Gasteiger partial charge in [-0.15, -0.1) is 0 Å². The Bertz CT molecular complexity index is 910. The molecule has 0 amide bonds. The largest absolute Gasteiger partial charge is 0.346 e. The molecule has 0 N–H and O–H groups in total. The summed E-state index contributed by atoms with van der Waals surface area (Å²) < 4.78 is 0. The van der Waals surface area contributed by atoms with Crippen LogP contribution in [0.1, 0.15) is 11.1 Å². The number of rotatable bonds is 5. The van der Waals surface area contributed by atoms with Crippen molar-refractivity contribution in [2.75, 3.05) is 4.90 Å². The number of hydrogen-bond acceptors (Lipinski definition) is 5. The predicted octanol–water partition coefficient (Wildman–Crippen LogP) is 3.63. The topological polar surface area (TPSA) is 54.8 Å². The molecule has 0 aliphatic carbocycles. The lowest BCUT2D eigenvalue weighted by molar-refractivity contribution is 0.784. The number of hydrogen-bond donors (Lipinski definition) is 0. The number of fused-ring (bicyclic) bond motifs is 1. The molecule has 5 heteroatoms. The second-order valence-electron chi connectivity index (χ2n) is 5.78. The van der Waals surface area contributed by atoms with Crippen LogP contribution in [-0.2, 0) is 13.1 Å². The maximum atomic E-state index is 4.52. The molecule has 0 saturated carbocycles. The van der Waals surface area contributed by atoms with Crippen molar-refractivity contribution >= 4 is 16.9 Å². The number of benzene rings is 2. The smallest absolute Gasteiger partial charge is 0.159 e. The summed E-state index contributed by atoms with van der Waals surface area (Å²) in [5, 5.41) is 0. The first kappa shape index (κ1) is 15.2. The van der Waals surface area contributed by atoms with E-state index in [-0.39, 0.29) is 0 Å². The third-order valence-electron chi connectivity index (χ3n) is 4.01. The standard InChI is InChI=1S/C20H17N5/c1-3-7-16(8-4-1)12-25(13-17-9-5-2-6-10-17)20-19-18(22-15-24-20)11-21-14-23-19/h1-11,14-15H,12-13H2. The molecule has 25 heavy (non-hydrogen) atoms. The fraction of sp³-hybridized carbons (Fsp3) is 0.100.